The summed E-state index contributed by atoms with van der Waals surface area (Å²) >= 11 is 3.33. The van der Waals surface area contributed by atoms with Crippen molar-refractivity contribution >= 4 is 45.1 Å². The average molecular weight is 405 g/mol. The Hall–Kier alpha value is -2.67. The molecule has 0 heterocycles. The van der Waals surface area contributed by atoms with E-state index in [2.05, 4.69) is 26.6 Å². The Bertz CT molecular complexity index is 820. The van der Waals surface area contributed by atoms with E-state index in [4.69, 9.17) is 4.74 Å². The normalized spacial score (nSPS) is 10.0. The third-order valence-corrected chi connectivity index (χ3v) is 3.91. The number of aryl methyl sites for hydroxylation is 1. The van der Waals surface area contributed by atoms with E-state index in [1.165, 1.54) is 12.1 Å². The van der Waals surface area contributed by atoms with Crippen molar-refractivity contribution < 1.29 is 19.1 Å². The fraction of sp³-hybridized carbons (Fsp3) is 0.167. The van der Waals surface area contributed by atoms with Gasteiger partial charge in [0.1, 0.15) is 0 Å². The van der Waals surface area contributed by atoms with Gasteiger partial charge in [-0.1, -0.05) is 18.2 Å². The monoisotopic (exact) mass is 404 g/mol. The van der Waals surface area contributed by atoms with Crippen LogP contribution in [0, 0.1) is 6.92 Å². The van der Waals surface area contributed by atoms with E-state index in [0.717, 1.165) is 5.56 Å². The molecule has 0 saturated carbocycles. The maximum Gasteiger partial charge on any atom is 0.340 e. The molecule has 0 bridgehead atoms. The van der Waals surface area contributed by atoms with Crippen molar-refractivity contribution in [3.63, 3.8) is 0 Å². The molecule has 130 valence electrons. The Morgan fingerprint density at radius 2 is 1.64 bits per heavy atom. The lowest BCUT2D eigenvalue weighted by Gasteiger charge is -2.11. The van der Waals surface area contributed by atoms with E-state index in [0.29, 0.717) is 10.2 Å². The van der Waals surface area contributed by atoms with Crippen molar-refractivity contribution in [3.05, 3.63) is 58.1 Å². The minimum atomic E-state index is -0.885. The number of nitrogens with one attached hydrogen (secondary N) is 2. The summed E-state index contributed by atoms with van der Waals surface area (Å²) in [6, 6.07) is 11.7. The number of esters is 1. The molecule has 0 aliphatic carbocycles. The summed E-state index contributed by atoms with van der Waals surface area (Å²) in [6.07, 6.45) is 0. The van der Waals surface area contributed by atoms with Crippen LogP contribution in [0.1, 0.15) is 22.8 Å². The van der Waals surface area contributed by atoms with Crippen LogP contribution in [0.25, 0.3) is 0 Å². The molecule has 25 heavy (non-hydrogen) atoms. The minimum absolute atomic E-state index is 0.182. The van der Waals surface area contributed by atoms with Crippen LogP contribution < -0.4 is 10.6 Å². The molecule has 0 aromatic heterocycles. The smallest absolute Gasteiger partial charge is 0.340 e. The maximum atomic E-state index is 12.1. The summed E-state index contributed by atoms with van der Waals surface area (Å²) in [5, 5.41) is 4.95. The highest BCUT2D eigenvalue weighted by molar-refractivity contribution is 9.10. The standard InChI is InChI=1S/C18H17BrN2O4/c1-3-25-18(24)12-6-4-5-7-14(12)20-16(22)17(23)21-15-9-8-11(2)10-13(15)19/h4-10H,3H2,1-2H3,(H,20,22)(H,21,23). The number of ether oxygens (including phenoxy) is 1. The third kappa shape index (κ3) is 4.90. The summed E-state index contributed by atoms with van der Waals surface area (Å²) < 4.78 is 5.60. The number of amides is 2. The van der Waals surface area contributed by atoms with Crippen molar-refractivity contribution in [2.75, 3.05) is 17.2 Å². The van der Waals surface area contributed by atoms with Gasteiger partial charge in [-0.15, -0.1) is 0 Å². The quantitative estimate of drug-likeness (QED) is 0.602. The molecule has 0 spiro atoms. The molecule has 2 rings (SSSR count). The highest BCUT2D eigenvalue weighted by Crippen LogP contribution is 2.23. The van der Waals surface area contributed by atoms with E-state index in [1.807, 2.05) is 19.1 Å². The van der Waals surface area contributed by atoms with Gasteiger partial charge in [-0.05, 0) is 59.6 Å². The number of carbonyl (C=O) groups excluding carboxylic acids is 3. The largest absolute Gasteiger partial charge is 0.462 e. The number of carbonyl (C=O) groups is 3. The number of benzene rings is 2. The molecule has 2 aromatic carbocycles. The molecular weight excluding hydrogens is 388 g/mol. The summed E-state index contributed by atoms with van der Waals surface area (Å²) in [5.74, 6) is -2.30. The fourth-order valence-corrected chi connectivity index (χ4v) is 2.65. The summed E-state index contributed by atoms with van der Waals surface area (Å²) in [5.41, 5.74) is 1.88. The van der Waals surface area contributed by atoms with Crippen LogP contribution in [-0.4, -0.2) is 24.4 Å². The van der Waals surface area contributed by atoms with Crippen molar-refractivity contribution in [3.8, 4) is 0 Å². The van der Waals surface area contributed by atoms with Gasteiger partial charge < -0.3 is 15.4 Å². The topological polar surface area (TPSA) is 84.5 Å². The summed E-state index contributed by atoms with van der Waals surface area (Å²) in [7, 11) is 0. The Labute approximate surface area is 153 Å². The van der Waals surface area contributed by atoms with Gasteiger partial charge in [0.2, 0.25) is 0 Å². The number of anilines is 2. The molecule has 0 aliphatic heterocycles. The number of halogens is 1. The molecule has 0 aliphatic rings. The first-order chi connectivity index (χ1) is 11.9. The maximum absolute atomic E-state index is 12.1. The second-order valence-corrected chi connectivity index (χ2v) is 6.01. The fourth-order valence-electron chi connectivity index (χ4n) is 2.06. The Kier molecular flexibility index (Phi) is 6.30. The molecule has 0 atom stereocenters. The van der Waals surface area contributed by atoms with Gasteiger partial charge in [-0.25, -0.2) is 4.79 Å². The molecule has 2 aromatic rings. The van der Waals surface area contributed by atoms with Crippen molar-refractivity contribution in [1.82, 2.24) is 0 Å². The van der Waals surface area contributed by atoms with Crippen LogP contribution in [0.2, 0.25) is 0 Å². The van der Waals surface area contributed by atoms with Crippen LogP contribution >= 0.6 is 15.9 Å². The average Bonchev–Trinajstić information content (AvgIpc) is 2.58. The van der Waals surface area contributed by atoms with Crippen LogP contribution in [0.4, 0.5) is 11.4 Å². The molecule has 0 fully saturated rings. The molecule has 0 saturated heterocycles. The highest BCUT2D eigenvalue weighted by Gasteiger charge is 2.19. The lowest BCUT2D eigenvalue weighted by atomic mass is 10.2. The van der Waals surface area contributed by atoms with Crippen LogP contribution in [-0.2, 0) is 14.3 Å². The lowest BCUT2D eigenvalue weighted by Crippen LogP contribution is -2.30. The van der Waals surface area contributed by atoms with Crippen molar-refractivity contribution in [2.45, 2.75) is 13.8 Å². The second kappa shape index (κ2) is 8.43. The Morgan fingerprint density at radius 1 is 1.00 bits per heavy atom. The van der Waals surface area contributed by atoms with E-state index in [-0.39, 0.29) is 17.9 Å². The molecule has 7 heteroatoms. The first-order valence-corrected chi connectivity index (χ1v) is 8.36. The van der Waals surface area contributed by atoms with E-state index < -0.39 is 17.8 Å². The van der Waals surface area contributed by atoms with Gasteiger partial charge in [0.25, 0.3) is 0 Å². The zero-order chi connectivity index (χ0) is 18.4. The van der Waals surface area contributed by atoms with Gasteiger partial charge >= 0.3 is 17.8 Å². The Morgan fingerprint density at radius 3 is 2.28 bits per heavy atom. The Balaban J connectivity index is 2.11. The molecule has 0 unspecified atom stereocenters. The van der Waals surface area contributed by atoms with Crippen molar-refractivity contribution in [1.29, 1.82) is 0 Å². The zero-order valence-electron chi connectivity index (χ0n) is 13.8. The second-order valence-electron chi connectivity index (χ2n) is 5.16. The number of para-hydroxylation sites is 1. The predicted octanol–water partition coefficient (Wildman–Crippen LogP) is 3.51. The van der Waals surface area contributed by atoms with Gasteiger partial charge in [0.05, 0.1) is 23.5 Å². The van der Waals surface area contributed by atoms with Gasteiger partial charge in [0.15, 0.2) is 0 Å². The van der Waals surface area contributed by atoms with Crippen LogP contribution in [0.5, 0.6) is 0 Å². The highest BCUT2D eigenvalue weighted by atomic mass is 79.9. The van der Waals surface area contributed by atoms with E-state index in [9.17, 15) is 14.4 Å². The first kappa shape index (κ1) is 18.7. The summed E-state index contributed by atoms with van der Waals surface area (Å²) in [6.45, 7) is 3.81. The molecule has 6 nitrogen and oxygen atoms in total. The third-order valence-electron chi connectivity index (χ3n) is 3.25. The minimum Gasteiger partial charge on any atom is -0.462 e. The SMILES string of the molecule is CCOC(=O)c1ccccc1NC(=O)C(=O)Nc1ccc(C)cc1Br. The van der Waals surface area contributed by atoms with E-state index >= 15 is 0 Å². The van der Waals surface area contributed by atoms with Gasteiger partial charge in [-0.3, -0.25) is 9.59 Å². The lowest BCUT2D eigenvalue weighted by molar-refractivity contribution is -0.133. The first-order valence-electron chi connectivity index (χ1n) is 7.57. The van der Waals surface area contributed by atoms with Gasteiger partial charge in [-0.2, -0.15) is 0 Å². The van der Waals surface area contributed by atoms with Crippen molar-refractivity contribution in [2.24, 2.45) is 0 Å². The predicted molar refractivity (Wildman–Crippen MR) is 98.5 cm³/mol. The number of rotatable bonds is 4. The van der Waals surface area contributed by atoms with Crippen LogP contribution in [0.15, 0.2) is 46.9 Å². The molecule has 2 N–H and O–H groups in total. The van der Waals surface area contributed by atoms with E-state index in [1.54, 1.807) is 25.1 Å². The number of hydrogen-bond acceptors (Lipinski definition) is 4. The zero-order valence-corrected chi connectivity index (χ0v) is 15.3. The molecule has 2 amide bonds. The number of hydrogen-bond donors (Lipinski definition) is 2. The molecular formula is C18H17BrN2O4. The molecule has 0 radical (unpaired) electrons. The van der Waals surface area contributed by atoms with Crippen LogP contribution in [0.3, 0.4) is 0 Å². The van der Waals surface area contributed by atoms with Gasteiger partial charge in [0, 0.05) is 4.47 Å². The summed E-state index contributed by atoms with van der Waals surface area (Å²) in [4.78, 5) is 36.1.